The Morgan fingerprint density at radius 2 is 1.76 bits per heavy atom. The summed E-state index contributed by atoms with van der Waals surface area (Å²) >= 11 is 0. The average molecular weight is 254 g/mol. The van der Waals surface area contributed by atoms with Gasteiger partial charge in [-0.15, -0.1) is 0 Å². The lowest BCUT2D eigenvalue weighted by Crippen LogP contribution is -2.28. The van der Waals surface area contributed by atoms with Crippen molar-refractivity contribution in [2.75, 3.05) is 6.26 Å². The monoisotopic (exact) mass is 254 g/mol. The van der Waals surface area contributed by atoms with Gasteiger partial charge in [-0.2, -0.15) is 8.42 Å². The van der Waals surface area contributed by atoms with E-state index in [9.17, 15) is 8.42 Å². The van der Waals surface area contributed by atoms with E-state index in [1.54, 1.807) is 0 Å². The largest absolute Gasteiger partial charge is 0.266 e. The van der Waals surface area contributed by atoms with Crippen LogP contribution in [0.2, 0.25) is 0 Å². The molecule has 0 N–H and O–H groups in total. The molecule has 0 unspecified atom stereocenters. The van der Waals surface area contributed by atoms with E-state index in [0.717, 1.165) is 31.9 Å². The molecule has 0 aliphatic heterocycles. The van der Waals surface area contributed by atoms with Crippen molar-refractivity contribution >= 4 is 10.1 Å². The Kier molecular flexibility index (Phi) is 3.84. The van der Waals surface area contributed by atoms with Gasteiger partial charge >= 0.3 is 0 Å². The van der Waals surface area contributed by atoms with Crippen molar-refractivity contribution in [3.05, 3.63) is 35.9 Å². The smallest absolute Gasteiger partial charge is 0.264 e. The molecule has 0 heterocycles. The number of rotatable bonds is 3. The molecule has 1 aliphatic rings. The van der Waals surface area contributed by atoms with Crippen LogP contribution in [0.1, 0.15) is 37.2 Å². The second-order valence-electron chi connectivity index (χ2n) is 4.64. The molecule has 0 bridgehead atoms. The fraction of sp³-hybridized carbons (Fsp3) is 0.538. The number of benzene rings is 1. The van der Waals surface area contributed by atoms with E-state index in [-0.39, 0.29) is 12.0 Å². The molecule has 4 heteroatoms. The van der Waals surface area contributed by atoms with E-state index in [4.69, 9.17) is 4.18 Å². The molecule has 0 saturated heterocycles. The van der Waals surface area contributed by atoms with E-state index < -0.39 is 10.1 Å². The molecule has 3 nitrogen and oxygen atoms in total. The molecule has 1 saturated carbocycles. The molecule has 1 aliphatic carbocycles. The minimum absolute atomic E-state index is 0.193. The molecule has 94 valence electrons. The maximum absolute atomic E-state index is 11.3. The van der Waals surface area contributed by atoms with E-state index in [0.29, 0.717) is 0 Å². The van der Waals surface area contributed by atoms with E-state index in [1.807, 2.05) is 18.2 Å². The first-order valence-electron chi connectivity index (χ1n) is 5.99. The lowest BCUT2D eigenvalue weighted by Gasteiger charge is -2.30. The summed E-state index contributed by atoms with van der Waals surface area (Å²) in [6.07, 6.45) is 4.95. The Balaban J connectivity index is 2.18. The fourth-order valence-electron chi connectivity index (χ4n) is 2.52. The third-order valence-corrected chi connectivity index (χ3v) is 3.83. The molecule has 17 heavy (non-hydrogen) atoms. The van der Waals surface area contributed by atoms with Crippen molar-refractivity contribution in [2.45, 2.75) is 37.7 Å². The zero-order chi connectivity index (χ0) is 12.3. The summed E-state index contributed by atoms with van der Waals surface area (Å²) in [4.78, 5) is 0. The Morgan fingerprint density at radius 1 is 1.12 bits per heavy atom. The van der Waals surface area contributed by atoms with Crippen LogP contribution in [-0.4, -0.2) is 20.8 Å². The summed E-state index contributed by atoms with van der Waals surface area (Å²) < 4.78 is 27.7. The summed E-state index contributed by atoms with van der Waals surface area (Å²) in [6.45, 7) is 0. The van der Waals surface area contributed by atoms with Crippen LogP contribution in [0.3, 0.4) is 0 Å². The van der Waals surface area contributed by atoms with Crippen molar-refractivity contribution < 1.29 is 12.6 Å². The fourth-order valence-corrected chi connectivity index (χ4v) is 3.20. The maximum Gasteiger partial charge on any atom is 0.264 e. The molecule has 0 spiro atoms. The van der Waals surface area contributed by atoms with Crippen molar-refractivity contribution in [3.63, 3.8) is 0 Å². The summed E-state index contributed by atoms with van der Waals surface area (Å²) in [5, 5.41) is 0. The first-order chi connectivity index (χ1) is 8.06. The molecular weight excluding hydrogens is 236 g/mol. The predicted molar refractivity (Wildman–Crippen MR) is 67.4 cm³/mol. The van der Waals surface area contributed by atoms with Gasteiger partial charge in [0, 0.05) is 5.92 Å². The van der Waals surface area contributed by atoms with Gasteiger partial charge < -0.3 is 0 Å². The normalized spacial score (nSPS) is 25.7. The minimum Gasteiger partial charge on any atom is -0.266 e. The maximum atomic E-state index is 11.3. The molecule has 0 radical (unpaired) electrons. The molecule has 2 rings (SSSR count). The quantitative estimate of drug-likeness (QED) is 0.779. The van der Waals surface area contributed by atoms with Crippen LogP contribution in [0.4, 0.5) is 0 Å². The van der Waals surface area contributed by atoms with Crippen molar-refractivity contribution in [1.82, 2.24) is 0 Å². The Labute approximate surface area is 103 Å². The molecule has 1 fully saturated rings. The zero-order valence-corrected chi connectivity index (χ0v) is 10.8. The van der Waals surface area contributed by atoms with Gasteiger partial charge in [0.2, 0.25) is 0 Å². The van der Waals surface area contributed by atoms with E-state index >= 15 is 0 Å². The van der Waals surface area contributed by atoms with Crippen LogP contribution in [-0.2, 0) is 14.3 Å². The highest BCUT2D eigenvalue weighted by atomic mass is 32.2. The van der Waals surface area contributed by atoms with E-state index in [2.05, 4.69) is 12.1 Å². The van der Waals surface area contributed by atoms with Crippen molar-refractivity contribution in [1.29, 1.82) is 0 Å². The topological polar surface area (TPSA) is 43.4 Å². The lowest BCUT2D eigenvalue weighted by molar-refractivity contribution is 0.138. The van der Waals surface area contributed by atoms with Gasteiger partial charge in [-0.3, -0.25) is 4.18 Å². The standard InChI is InChI=1S/C13H18O3S/c1-17(14,15)16-13-10-6-5-9-12(13)11-7-3-2-4-8-11/h2-4,7-8,12-13H,5-6,9-10H2,1H3/t12-,13-/m1/s1. The van der Waals surface area contributed by atoms with Crippen LogP contribution < -0.4 is 0 Å². The Bertz CT molecular complexity index is 453. The predicted octanol–water partition coefficient (Wildman–Crippen LogP) is 2.69. The van der Waals surface area contributed by atoms with Crippen LogP contribution in [0, 0.1) is 0 Å². The first kappa shape index (κ1) is 12.6. The van der Waals surface area contributed by atoms with Gasteiger partial charge in [0.25, 0.3) is 10.1 Å². The Morgan fingerprint density at radius 3 is 2.41 bits per heavy atom. The highest BCUT2D eigenvalue weighted by Crippen LogP contribution is 2.35. The molecule has 0 amide bonds. The zero-order valence-electron chi connectivity index (χ0n) is 10.0. The second-order valence-corrected chi connectivity index (χ2v) is 6.24. The van der Waals surface area contributed by atoms with Crippen molar-refractivity contribution in [2.24, 2.45) is 0 Å². The third kappa shape index (κ3) is 3.54. The SMILES string of the molecule is CS(=O)(=O)O[C@@H]1CCCC[C@@H]1c1ccccc1. The third-order valence-electron chi connectivity index (χ3n) is 3.23. The molecular formula is C13H18O3S. The van der Waals surface area contributed by atoms with Crippen molar-refractivity contribution in [3.8, 4) is 0 Å². The van der Waals surface area contributed by atoms with E-state index in [1.165, 1.54) is 5.56 Å². The van der Waals surface area contributed by atoms with Gasteiger partial charge in [-0.25, -0.2) is 0 Å². The molecule has 1 aromatic rings. The highest BCUT2D eigenvalue weighted by molar-refractivity contribution is 7.86. The van der Waals surface area contributed by atoms with Gasteiger partial charge in [0.15, 0.2) is 0 Å². The number of hydrogen-bond acceptors (Lipinski definition) is 3. The Hall–Kier alpha value is -0.870. The minimum atomic E-state index is -3.36. The van der Waals surface area contributed by atoms with Crippen LogP contribution in [0.5, 0.6) is 0 Å². The highest BCUT2D eigenvalue weighted by Gasteiger charge is 2.29. The summed E-state index contributed by atoms with van der Waals surface area (Å²) in [5.41, 5.74) is 1.18. The van der Waals surface area contributed by atoms with Crippen LogP contribution in [0.25, 0.3) is 0 Å². The summed E-state index contributed by atoms with van der Waals surface area (Å²) in [6, 6.07) is 10.0. The molecule has 0 aromatic heterocycles. The van der Waals surface area contributed by atoms with Gasteiger partial charge in [0.1, 0.15) is 0 Å². The van der Waals surface area contributed by atoms with Gasteiger partial charge in [0.05, 0.1) is 12.4 Å². The van der Waals surface area contributed by atoms with Gasteiger partial charge in [-0.1, -0.05) is 43.2 Å². The lowest BCUT2D eigenvalue weighted by atomic mass is 9.82. The molecule has 1 aromatic carbocycles. The van der Waals surface area contributed by atoms with Crippen LogP contribution >= 0.6 is 0 Å². The molecule has 2 atom stereocenters. The summed E-state index contributed by atoms with van der Waals surface area (Å²) in [5.74, 6) is 0.208. The first-order valence-corrected chi connectivity index (χ1v) is 7.81. The van der Waals surface area contributed by atoms with Gasteiger partial charge in [-0.05, 0) is 18.4 Å². The summed E-state index contributed by atoms with van der Waals surface area (Å²) in [7, 11) is -3.36. The number of hydrogen-bond donors (Lipinski definition) is 0. The average Bonchev–Trinajstić information content (AvgIpc) is 2.29. The van der Waals surface area contributed by atoms with Crippen LogP contribution in [0.15, 0.2) is 30.3 Å². The second kappa shape index (κ2) is 5.19.